The van der Waals surface area contributed by atoms with Crippen LogP contribution < -0.4 is 10.3 Å². The van der Waals surface area contributed by atoms with Crippen molar-refractivity contribution < 1.29 is 14.3 Å². The molecule has 3 rings (SSSR count). The van der Waals surface area contributed by atoms with E-state index in [1.165, 1.54) is 18.0 Å². The molecular formula is C22H21BrClN3O4. The van der Waals surface area contributed by atoms with Gasteiger partial charge in [-0.1, -0.05) is 41.4 Å². The van der Waals surface area contributed by atoms with E-state index in [-0.39, 0.29) is 11.5 Å². The van der Waals surface area contributed by atoms with Crippen LogP contribution in [0.25, 0.3) is 10.9 Å². The molecule has 0 saturated heterocycles. The van der Waals surface area contributed by atoms with E-state index in [1.54, 1.807) is 37.3 Å². The average molecular weight is 507 g/mol. The van der Waals surface area contributed by atoms with Gasteiger partial charge >= 0.3 is 5.97 Å². The van der Waals surface area contributed by atoms with Gasteiger partial charge in [-0.15, -0.1) is 0 Å². The number of fused-ring (bicyclic) bond motifs is 1. The van der Waals surface area contributed by atoms with Gasteiger partial charge in [-0.25, -0.2) is 9.78 Å². The molecule has 1 aromatic heterocycles. The summed E-state index contributed by atoms with van der Waals surface area (Å²) in [5.41, 5.74) is 0.805. The highest BCUT2D eigenvalue weighted by atomic mass is 79.9. The van der Waals surface area contributed by atoms with E-state index in [4.69, 9.17) is 21.1 Å². The minimum absolute atomic E-state index is 0.0488. The number of hydrogen-bond acceptors (Lipinski definition) is 6. The first-order valence-corrected chi connectivity index (χ1v) is 10.7. The summed E-state index contributed by atoms with van der Waals surface area (Å²) in [7, 11) is 1.29. The summed E-state index contributed by atoms with van der Waals surface area (Å²) in [6.45, 7) is 5.45. The maximum absolute atomic E-state index is 13.2. The number of aromatic nitrogens is 2. The van der Waals surface area contributed by atoms with Crippen molar-refractivity contribution in [3.63, 3.8) is 0 Å². The van der Waals surface area contributed by atoms with Crippen molar-refractivity contribution in [2.24, 2.45) is 5.10 Å². The molecule has 162 valence electrons. The van der Waals surface area contributed by atoms with Crippen LogP contribution in [-0.4, -0.2) is 35.1 Å². The fourth-order valence-corrected chi connectivity index (χ4v) is 3.44. The lowest BCUT2D eigenvalue weighted by Gasteiger charge is -2.15. The van der Waals surface area contributed by atoms with Crippen LogP contribution in [0.3, 0.4) is 0 Å². The maximum atomic E-state index is 13.2. The molecule has 3 aromatic rings. The topological polar surface area (TPSA) is 82.8 Å². The van der Waals surface area contributed by atoms with Gasteiger partial charge in [0.2, 0.25) is 0 Å². The van der Waals surface area contributed by atoms with Crippen LogP contribution in [0.15, 0.2) is 50.8 Å². The quantitative estimate of drug-likeness (QED) is 0.356. The summed E-state index contributed by atoms with van der Waals surface area (Å²) in [5.74, 6) is 0.331. The number of rotatable bonds is 6. The zero-order valence-electron chi connectivity index (χ0n) is 17.4. The number of halogens is 2. The fourth-order valence-electron chi connectivity index (χ4n) is 2.90. The smallest absolute Gasteiger partial charge is 0.346 e. The molecule has 0 spiro atoms. The molecule has 0 amide bonds. The molecule has 0 aliphatic rings. The van der Waals surface area contributed by atoms with Crippen LogP contribution in [-0.2, 0) is 9.53 Å². The highest BCUT2D eigenvalue weighted by Gasteiger charge is 2.17. The molecule has 0 N–H and O–H groups in total. The Morgan fingerprint density at radius 1 is 1.23 bits per heavy atom. The number of esters is 1. The zero-order valence-corrected chi connectivity index (χ0v) is 19.8. The van der Waals surface area contributed by atoms with Gasteiger partial charge in [0.25, 0.3) is 5.56 Å². The second kappa shape index (κ2) is 9.62. The molecule has 0 saturated carbocycles. The molecule has 7 nitrogen and oxygen atoms in total. The standard InChI is InChI=1S/C22H21BrClN3O4/c1-12(2)20-26-18-7-5-15(23)10-17(18)21(28)27(20)25-11-14-9-16(24)6-8-19(14)31-13(3)22(29)30-4/h5-13H,1-4H3/t13-/m0/s1. The summed E-state index contributed by atoms with van der Waals surface area (Å²) in [5, 5.41) is 5.30. The molecule has 2 aromatic carbocycles. The molecule has 0 bridgehead atoms. The van der Waals surface area contributed by atoms with Crippen LogP contribution in [0, 0.1) is 0 Å². The van der Waals surface area contributed by atoms with Crippen molar-refractivity contribution in [1.29, 1.82) is 0 Å². The Hall–Kier alpha value is -2.71. The Labute approximate surface area is 192 Å². The Balaban J connectivity index is 2.10. The van der Waals surface area contributed by atoms with E-state index in [0.717, 1.165) is 4.47 Å². The van der Waals surface area contributed by atoms with Gasteiger partial charge < -0.3 is 9.47 Å². The third-order valence-electron chi connectivity index (χ3n) is 4.47. The third kappa shape index (κ3) is 5.14. The van der Waals surface area contributed by atoms with Gasteiger partial charge in [-0.05, 0) is 43.3 Å². The lowest BCUT2D eigenvalue weighted by molar-refractivity contribution is -0.147. The van der Waals surface area contributed by atoms with Gasteiger partial charge in [0, 0.05) is 21.0 Å². The van der Waals surface area contributed by atoms with E-state index in [9.17, 15) is 9.59 Å². The minimum atomic E-state index is -0.827. The molecular weight excluding hydrogens is 486 g/mol. The van der Waals surface area contributed by atoms with Crippen LogP contribution in [0.5, 0.6) is 5.75 Å². The molecule has 1 atom stereocenters. The van der Waals surface area contributed by atoms with Crippen molar-refractivity contribution in [2.75, 3.05) is 7.11 Å². The molecule has 0 radical (unpaired) electrons. The zero-order chi connectivity index (χ0) is 22.7. The van der Waals surface area contributed by atoms with E-state index >= 15 is 0 Å². The summed E-state index contributed by atoms with van der Waals surface area (Å²) < 4.78 is 12.5. The molecule has 31 heavy (non-hydrogen) atoms. The van der Waals surface area contributed by atoms with Crippen LogP contribution in [0.4, 0.5) is 0 Å². The van der Waals surface area contributed by atoms with Crippen LogP contribution in [0.1, 0.15) is 38.1 Å². The SMILES string of the molecule is COC(=O)[C@H](C)Oc1ccc(Cl)cc1C=Nn1c(C(C)C)nc2ccc(Br)cc2c1=O. The summed E-state index contributed by atoms with van der Waals surface area (Å²) in [4.78, 5) is 29.5. The Kier molecular flexibility index (Phi) is 7.12. The highest BCUT2D eigenvalue weighted by molar-refractivity contribution is 9.10. The van der Waals surface area contributed by atoms with Gasteiger partial charge in [0.15, 0.2) is 6.10 Å². The number of carbonyl (C=O) groups is 1. The van der Waals surface area contributed by atoms with Gasteiger partial charge in [-0.3, -0.25) is 4.79 Å². The van der Waals surface area contributed by atoms with Gasteiger partial charge in [0.1, 0.15) is 11.6 Å². The first kappa shape index (κ1) is 23.0. The number of benzene rings is 2. The Morgan fingerprint density at radius 3 is 2.65 bits per heavy atom. The number of ether oxygens (including phenoxy) is 2. The highest BCUT2D eigenvalue weighted by Crippen LogP contribution is 2.23. The molecule has 0 fully saturated rings. The lowest BCUT2D eigenvalue weighted by atomic mass is 10.2. The van der Waals surface area contributed by atoms with Crippen LogP contribution >= 0.6 is 27.5 Å². The number of hydrogen-bond donors (Lipinski definition) is 0. The fraction of sp³-hybridized carbons (Fsp3) is 0.273. The molecule has 0 aliphatic carbocycles. The van der Waals surface area contributed by atoms with Crippen molar-refractivity contribution in [3.05, 3.63) is 67.6 Å². The average Bonchev–Trinajstić information content (AvgIpc) is 2.74. The molecule has 0 aliphatic heterocycles. The number of carbonyl (C=O) groups excluding carboxylic acids is 1. The van der Waals surface area contributed by atoms with Gasteiger partial charge in [0.05, 0.1) is 24.2 Å². The van der Waals surface area contributed by atoms with Gasteiger partial charge in [-0.2, -0.15) is 9.78 Å². The van der Waals surface area contributed by atoms with E-state index in [1.807, 2.05) is 19.9 Å². The van der Waals surface area contributed by atoms with E-state index in [2.05, 4.69) is 26.0 Å². The van der Waals surface area contributed by atoms with Crippen molar-refractivity contribution in [3.8, 4) is 5.75 Å². The first-order valence-electron chi connectivity index (χ1n) is 9.52. The summed E-state index contributed by atoms with van der Waals surface area (Å²) >= 11 is 9.53. The molecule has 0 unspecified atom stereocenters. The van der Waals surface area contributed by atoms with Crippen molar-refractivity contribution in [1.82, 2.24) is 9.66 Å². The molecule has 1 heterocycles. The largest absolute Gasteiger partial charge is 0.478 e. The van der Waals surface area contributed by atoms with Crippen molar-refractivity contribution >= 4 is 50.6 Å². The predicted octanol–water partition coefficient (Wildman–Crippen LogP) is 4.76. The van der Waals surface area contributed by atoms with Crippen molar-refractivity contribution in [2.45, 2.75) is 32.8 Å². The minimum Gasteiger partial charge on any atom is -0.478 e. The second-order valence-corrected chi connectivity index (χ2v) is 8.47. The first-order chi connectivity index (χ1) is 14.7. The summed E-state index contributed by atoms with van der Waals surface area (Å²) in [6.07, 6.45) is 0.635. The monoisotopic (exact) mass is 505 g/mol. The summed E-state index contributed by atoms with van der Waals surface area (Å²) in [6, 6.07) is 10.2. The molecule has 9 heteroatoms. The third-order valence-corrected chi connectivity index (χ3v) is 5.20. The lowest BCUT2D eigenvalue weighted by Crippen LogP contribution is -2.25. The van der Waals surface area contributed by atoms with E-state index in [0.29, 0.717) is 33.1 Å². The number of nitrogens with zero attached hydrogens (tertiary/aromatic N) is 3. The Bertz CT molecular complexity index is 1220. The second-order valence-electron chi connectivity index (χ2n) is 7.11. The van der Waals surface area contributed by atoms with E-state index < -0.39 is 12.1 Å². The Morgan fingerprint density at radius 2 is 1.97 bits per heavy atom. The number of methoxy groups -OCH3 is 1. The maximum Gasteiger partial charge on any atom is 0.346 e. The predicted molar refractivity (Wildman–Crippen MR) is 124 cm³/mol. The van der Waals surface area contributed by atoms with Crippen LogP contribution in [0.2, 0.25) is 5.02 Å². The normalized spacial score (nSPS) is 12.5.